The lowest BCUT2D eigenvalue weighted by Gasteiger charge is -2.02. The summed E-state index contributed by atoms with van der Waals surface area (Å²) in [5, 5.41) is 10.8. The number of aromatic amines is 1. The molecule has 94 valence electrons. The second-order valence-corrected chi connectivity index (χ2v) is 4.55. The Kier molecular flexibility index (Phi) is 3.81. The molecule has 0 aliphatic rings. The van der Waals surface area contributed by atoms with Gasteiger partial charge in [0.1, 0.15) is 0 Å². The Morgan fingerprint density at radius 3 is 2.65 bits per heavy atom. The fourth-order valence-corrected chi connectivity index (χ4v) is 1.37. The number of carbonyl (C=O) groups excluding carboxylic acids is 1. The van der Waals surface area contributed by atoms with Gasteiger partial charge in [-0.15, -0.1) is 0 Å². The molecule has 0 atom stereocenters. The summed E-state index contributed by atoms with van der Waals surface area (Å²) in [5.74, 6) is -2.86. The average molecular weight is 263 g/mol. The van der Waals surface area contributed by atoms with Gasteiger partial charge in [-0.1, -0.05) is 0 Å². The molecular formula is C7H9N3O6S. The highest BCUT2D eigenvalue weighted by Gasteiger charge is 2.19. The first-order valence-electron chi connectivity index (χ1n) is 4.31. The van der Waals surface area contributed by atoms with Crippen molar-refractivity contribution in [2.24, 2.45) is 0 Å². The van der Waals surface area contributed by atoms with Crippen LogP contribution in [0.4, 0.5) is 0 Å². The second kappa shape index (κ2) is 4.93. The third kappa shape index (κ3) is 3.85. The smallest absolute Gasteiger partial charge is 0.354 e. The van der Waals surface area contributed by atoms with Gasteiger partial charge < -0.3 is 15.4 Å². The molecule has 0 fully saturated rings. The third-order valence-electron chi connectivity index (χ3n) is 1.71. The SMILES string of the molecule is O=C(NCCS(=O)(=O)O)c1nc[nH]c1C(=O)O. The molecular weight excluding hydrogens is 254 g/mol. The van der Waals surface area contributed by atoms with E-state index in [0.29, 0.717) is 0 Å². The Morgan fingerprint density at radius 1 is 1.47 bits per heavy atom. The fourth-order valence-electron chi connectivity index (χ4n) is 1.01. The van der Waals surface area contributed by atoms with E-state index in [2.05, 4.69) is 15.3 Å². The summed E-state index contributed by atoms with van der Waals surface area (Å²) >= 11 is 0. The fraction of sp³-hybridized carbons (Fsp3) is 0.286. The summed E-state index contributed by atoms with van der Waals surface area (Å²) < 4.78 is 29.1. The standard InChI is InChI=1S/C7H9N3O6S/c11-6(8-1-2-17(14,15)16)4-5(7(12)13)10-3-9-4/h3H,1-2H2,(H,8,11)(H,9,10)(H,12,13)(H,14,15,16). The molecule has 10 heteroatoms. The van der Waals surface area contributed by atoms with E-state index in [4.69, 9.17) is 9.66 Å². The van der Waals surface area contributed by atoms with Gasteiger partial charge in [0.25, 0.3) is 16.0 Å². The number of carboxylic acid groups (broad SMARTS) is 1. The molecule has 0 aliphatic heterocycles. The zero-order chi connectivity index (χ0) is 13.1. The number of hydrogen-bond donors (Lipinski definition) is 4. The van der Waals surface area contributed by atoms with Crippen LogP contribution in [-0.4, -0.2) is 52.2 Å². The number of nitrogens with one attached hydrogen (secondary N) is 2. The molecule has 0 aromatic carbocycles. The number of nitrogens with zero attached hydrogens (tertiary/aromatic N) is 1. The largest absolute Gasteiger partial charge is 0.477 e. The summed E-state index contributed by atoms with van der Waals surface area (Å²) in [7, 11) is -4.17. The van der Waals surface area contributed by atoms with E-state index in [0.717, 1.165) is 6.33 Å². The summed E-state index contributed by atoms with van der Waals surface area (Å²) in [5.41, 5.74) is -0.748. The molecule has 9 nitrogen and oxygen atoms in total. The maximum Gasteiger partial charge on any atom is 0.354 e. The summed E-state index contributed by atoms with van der Waals surface area (Å²) in [6, 6.07) is 0. The van der Waals surface area contributed by atoms with Crippen LogP contribution in [0.1, 0.15) is 21.0 Å². The molecule has 1 rings (SSSR count). The van der Waals surface area contributed by atoms with Crippen LogP contribution in [0.15, 0.2) is 6.33 Å². The summed E-state index contributed by atoms with van der Waals surface area (Å²) in [6.07, 6.45) is 1.03. The first-order chi connectivity index (χ1) is 7.81. The molecule has 0 unspecified atom stereocenters. The van der Waals surface area contributed by atoms with Crippen molar-refractivity contribution in [2.45, 2.75) is 0 Å². The van der Waals surface area contributed by atoms with Crippen LogP contribution in [-0.2, 0) is 10.1 Å². The average Bonchev–Trinajstić information content (AvgIpc) is 2.63. The van der Waals surface area contributed by atoms with Crippen molar-refractivity contribution in [1.82, 2.24) is 15.3 Å². The van der Waals surface area contributed by atoms with Gasteiger partial charge >= 0.3 is 5.97 Å². The van der Waals surface area contributed by atoms with Crippen molar-refractivity contribution in [1.29, 1.82) is 0 Å². The third-order valence-corrected chi connectivity index (χ3v) is 2.43. The first kappa shape index (κ1) is 13.1. The molecule has 0 saturated carbocycles. The van der Waals surface area contributed by atoms with Gasteiger partial charge in [-0.3, -0.25) is 9.35 Å². The summed E-state index contributed by atoms with van der Waals surface area (Å²) in [4.78, 5) is 27.8. The minimum absolute atomic E-state index is 0.344. The Hall–Kier alpha value is -1.94. The van der Waals surface area contributed by atoms with Gasteiger partial charge in [0.15, 0.2) is 11.4 Å². The highest BCUT2D eigenvalue weighted by molar-refractivity contribution is 7.85. The van der Waals surface area contributed by atoms with Gasteiger partial charge in [0, 0.05) is 6.54 Å². The lowest BCUT2D eigenvalue weighted by molar-refractivity contribution is 0.0685. The molecule has 1 heterocycles. The number of aromatic nitrogens is 2. The van der Waals surface area contributed by atoms with Gasteiger partial charge in [-0.2, -0.15) is 8.42 Å². The van der Waals surface area contributed by atoms with E-state index in [1.807, 2.05) is 0 Å². The summed E-state index contributed by atoms with van der Waals surface area (Å²) in [6.45, 7) is -0.344. The van der Waals surface area contributed by atoms with Crippen LogP contribution in [0, 0.1) is 0 Å². The number of hydrogen-bond acceptors (Lipinski definition) is 5. The predicted molar refractivity (Wildman–Crippen MR) is 54.3 cm³/mol. The Morgan fingerprint density at radius 2 is 2.12 bits per heavy atom. The quantitative estimate of drug-likeness (QED) is 0.483. The number of H-pyrrole nitrogens is 1. The van der Waals surface area contributed by atoms with Crippen molar-refractivity contribution in [3.8, 4) is 0 Å². The topological polar surface area (TPSA) is 149 Å². The zero-order valence-electron chi connectivity index (χ0n) is 8.37. The van der Waals surface area contributed by atoms with Gasteiger partial charge in [-0.25, -0.2) is 9.78 Å². The molecule has 1 aromatic rings. The number of amides is 1. The molecule has 4 N–H and O–H groups in total. The Labute approximate surface area is 95.6 Å². The number of carbonyl (C=O) groups is 2. The molecule has 0 saturated heterocycles. The number of carboxylic acids is 1. The van der Waals surface area contributed by atoms with Crippen LogP contribution in [0.2, 0.25) is 0 Å². The van der Waals surface area contributed by atoms with Gasteiger partial charge in [-0.05, 0) is 0 Å². The molecule has 0 spiro atoms. The van der Waals surface area contributed by atoms with E-state index < -0.39 is 33.4 Å². The number of rotatable bonds is 5. The highest BCUT2D eigenvalue weighted by Crippen LogP contribution is 2.02. The molecule has 1 amide bonds. The zero-order valence-corrected chi connectivity index (χ0v) is 9.19. The molecule has 1 aromatic heterocycles. The van der Waals surface area contributed by atoms with Crippen molar-refractivity contribution in [3.63, 3.8) is 0 Å². The van der Waals surface area contributed by atoms with E-state index >= 15 is 0 Å². The molecule has 0 bridgehead atoms. The number of aromatic carboxylic acids is 1. The van der Waals surface area contributed by atoms with Crippen molar-refractivity contribution in [3.05, 3.63) is 17.7 Å². The van der Waals surface area contributed by atoms with Crippen LogP contribution in [0.25, 0.3) is 0 Å². The number of imidazole rings is 1. The van der Waals surface area contributed by atoms with Crippen molar-refractivity contribution < 1.29 is 27.7 Å². The normalized spacial score (nSPS) is 11.1. The van der Waals surface area contributed by atoms with Crippen LogP contribution in [0.5, 0.6) is 0 Å². The van der Waals surface area contributed by atoms with Crippen LogP contribution >= 0.6 is 0 Å². The molecule has 0 aliphatic carbocycles. The lowest BCUT2D eigenvalue weighted by Crippen LogP contribution is -2.30. The van der Waals surface area contributed by atoms with Crippen molar-refractivity contribution in [2.75, 3.05) is 12.3 Å². The highest BCUT2D eigenvalue weighted by atomic mass is 32.2. The molecule has 0 radical (unpaired) electrons. The van der Waals surface area contributed by atoms with Crippen LogP contribution < -0.4 is 5.32 Å². The lowest BCUT2D eigenvalue weighted by atomic mass is 10.3. The maximum absolute atomic E-state index is 11.4. The van der Waals surface area contributed by atoms with E-state index in [9.17, 15) is 18.0 Å². The van der Waals surface area contributed by atoms with E-state index in [-0.39, 0.29) is 12.2 Å². The van der Waals surface area contributed by atoms with Gasteiger partial charge in [0.05, 0.1) is 12.1 Å². The van der Waals surface area contributed by atoms with E-state index in [1.165, 1.54) is 0 Å². The van der Waals surface area contributed by atoms with Gasteiger partial charge in [0.2, 0.25) is 0 Å². The minimum atomic E-state index is -4.17. The predicted octanol–water partition coefficient (Wildman–Crippen LogP) is -1.27. The second-order valence-electron chi connectivity index (χ2n) is 2.97. The monoisotopic (exact) mass is 263 g/mol. The Balaban J connectivity index is 2.65. The van der Waals surface area contributed by atoms with Crippen LogP contribution in [0.3, 0.4) is 0 Å². The maximum atomic E-state index is 11.4. The Bertz CT molecular complexity index is 534. The molecule has 17 heavy (non-hydrogen) atoms. The van der Waals surface area contributed by atoms with Crippen molar-refractivity contribution >= 4 is 22.0 Å². The minimum Gasteiger partial charge on any atom is -0.477 e. The van der Waals surface area contributed by atoms with E-state index in [1.54, 1.807) is 0 Å². The first-order valence-corrected chi connectivity index (χ1v) is 5.92.